The summed E-state index contributed by atoms with van der Waals surface area (Å²) in [6.45, 7) is 5.34. The Morgan fingerprint density at radius 3 is 2.84 bits per heavy atom. The second kappa shape index (κ2) is 5.88. The zero-order valence-corrected chi connectivity index (χ0v) is 11.9. The van der Waals surface area contributed by atoms with E-state index < -0.39 is 0 Å². The first-order valence-corrected chi connectivity index (χ1v) is 6.87. The summed E-state index contributed by atoms with van der Waals surface area (Å²) >= 11 is 0. The third kappa shape index (κ3) is 3.25. The summed E-state index contributed by atoms with van der Waals surface area (Å²) < 4.78 is 19.3. The zero-order valence-electron chi connectivity index (χ0n) is 11.9. The lowest BCUT2D eigenvalue weighted by Gasteiger charge is -2.27. The Balaban J connectivity index is 2.23. The van der Waals surface area contributed by atoms with E-state index in [0.717, 1.165) is 37.2 Å². The Morgan fingerprint density at radius 2 is 2.26 bits per heavy atom. The first-order valence-electron chi connectivity index (χ1n) is 6.87. The lowest BCUT2D eigenvalue weighted by atomic mass is 10.0. The molecule has 1 unspecified atom stereocenters. The maximum atomic E-state index is 13.7. The van der Waals surface area contributed by atoms with Crippen LogP contribution in [0.1, 0.15) is 36.9 Å². The minimum atomic E-state index is -0.193. The Labute approximate surface area is 114 Å². The van der Waals surface area contributed by atoms with Crippen molar-refractivity contribution in [1.29, 1.82) is 0 Å². The predicted molar refractivity (Wildman–Crippen MR) is 76.0 cm³/mol. The van der Waals surface area contributed by atoms with Crippen molar-refractivity contribution in [3.05, 3.63) is 29.1 Å². The average Bonchev–Trinajstić information content (AvgIpc) is 2.84. The van der Waals surface area contributed by atoms with Gasteiger partial charge in [0.2, 0.25) is 0 Å². The minimum Gasteiger partial charge on any atom is -0.376 e. The van der Waals surface area contributed by atoms with Gasteiger partial charge in [0.25, 0.3) is 0 Å². The van der Waals surface area contributed by atoms with E-state index in [9.17, 15) is 4.39 Å². The van der Waals surface area contributed by atoms with Crippen molar-refractivity contribution in [3.8, 4) is 0 Å². The molecule has 1 saturated heterocycles. The fourth-order valence-electron chi connectivity index (χ4n) is 2.57. The summed E-state index contributed by atoms with van der Waals surface area (Å²) in [5, 5.41) is 0. The van der Waals surface area contributed by atoms with E-state index in [2.05, 4.69) is 4.90 Å². The number of hydrogen-bond acceptors (Lipinski definition) is 3. The fraction of sp³-hybridized carbons (Fsp3) is 0.600. The standard InChI is InChI=1S/C15H23FN2O/c1-10-7-15(13(11(2)17)8-14(10)16)18(3)9-12-5-4-6-19-12/h7-8,11-12H,4-6,9,17H2,1-3H3/t11-,12?/m1/s1. The minimum absolute atomic E-state index is 0.183. The fourth-order valence-corrected chi connectivity index (χ4v) is 2.57. The molecule has 1 aromatic rings. The molecule has 19 heavy (non-hydrogen) atoms. The number of anilines is 1. The number of likely N-dealkylation sites (N-methyl/N-ethyl adjacent to an activating group) is 1. The molecule has 1 aliphatic heterocycles. The number of rotatable bonds is 4. The molecule has 106 valence electrons. The van der Waals surface area contributed by atoms with Crippen molar-refractivity contribution in [2.24, 2.45) is 5.73 Å². The van der Waals surface area contributed by atoms with Gasteiger partial charge in [-0.15, -0.1) is 0 Å². The predicted octanol–water partition coefficient (Wildman–Crippen LogP) is 2.77. The van der Waals surface area contributed by atoms with Gasteiger partial charge in [0.15, 0.2) is 0 Å². The van der Waals surface area contributed by atoms with Crippen LogP contribution in [0.2, 0.25) is 0 Å². The number of benzene rings is 1. The van der Waals surface area contributed by atoms with Crippen molar-refractivity contribution in [1.82, 2.24) is 0 Å². The zero-order chi connectivity index (χ0) is 14.0. The lowest BCUT2D eigenvalue weighted by Crippen LogP contribution is -2.30. The molecule has 1 aliphatic rings. The van der Waals surface area contributed by atoms with Crippen LogP contribution in [0.15, 0.2) is 12.1 Å². The number of hydrogen-bond donors (Lipinski definition) is 1. The second-order valence-corrected chi connectivity index (χ2v) is 5.46. The van der Waals surface area contributed by atoms with Crippen LogP contribution >= 0.6 is 0 Å². The normalized spacial score (nSPS) is 20.6. The molecule has 0 aliphatic carbocycles. The number of aryl methyl sites for hydroxylation is 1. The Kier molecular flexibility index (Phi) is 4.42. The summed E-state index contributed by atoms with van der Waals surface area (Å²) in [4.78, 5) is 2.13. The van der Waals surface area contributed by atoms with E-state index in [0.29, 0.717) is 5.56 Å². The highest BCUT2D eigenvalue weighted by molar-refractivity contribution is 5.56. The van der Waals surface area contributed by atoms with E-state index in [4.69, 9.17) is 10.5 Å². The molecule has 0 spiro atoms. The number of ether oxygens (including phenoxy) is 1. The van der Waals surface area contributed by atoms with Gasteiger partial charge < -0.3 is 15.4 Å². The first kappa shape index (κ1) is 14.3. The molecule has 2 N–H and O–H groups in total. The molecule has 1 fully saturated rings. The van der Waals surface area contributed by atoms with Crippen LogP contribution in [0.3, 0.4) is 0 Å². The van der Waals surface area contributed by atoms with Gasteiger partial charge in [-0.3, -0.25) is 0 Å². The second-order valence-electron chi connectivity index (χ2n) is 5.46. The van der Waals surface area contributed by atoms with Crippen LogP contribution in [-0.2, 0) is 4.74 Å². The molecule has 0 bridgehead atoms. The molecule has 2 atom stereocenters. The summed E-state index contributed by atoms with van der Waals surface area (Å²) in [6.07, 6.45) is 2.50. The molecular formula is C15H23FN2O. The van der Waals surface area contributed by atoms with Crippen molar-refractivity contribution in [2.75, 3.05) is 25.1 Å². The van der Waals surface area contributed by atoms with Crippen molar-refractivity contribution >= 4 is 5.69 Å². The largest absolute Gasteiger partial charge is 0.376 e. The Morgan fingerprint density at radius 1 is 1.53 bits per heavy atom. The van der Waals surface area contributed by atoms with E-state index in [-0.39, 0.29) is 18.0 Å². The summed E-state index contributed by atoms with van der Waals surface area (Å²) in [7, 11) is 2.01. The number of nitrogens with two attached hydrogens (primary N) is 1. The molecule has 0 radical (unpaired) electrons. The SMILES string of the molecule is Cc1cc(N(C)CC2CCCO2)c([C@@H](C)N)cc1F. The molecule has 4 heteroatoms. The molecule has 0 aromatic heterocycles. The van der Waals surface area contributed by atoms with Gasteiger partial charge in [0, 0.05) is 31.9 Å². The third-order valence-electron chi connectivity index (χ3n) is 3.71. The van der Waals surface area contributed by atoms with Crippen molar-refractivity contribution < 1.29 is 9.13 Å². The molecule has 3 nitrogen and oxygen atoms in total. The van der Waals surface area contributed by atoms with Gasteiger partial charge in [0.05, 0.1) is 6.10 Å². The van der Waals surface area contributed by atoms with Crippen LogP contribution in [0.4, 0.5) is 10.1 Å². The van der Waals surface area contributed by atoms with Gasteiger partial charge in [-0.25, -0.2) is 4.39 Å². The molecule has 0 saturated carbocycles. The van der Waals surface area contributed by atoms with Crippen LogP contribution in [-0.4, -0.2) is 26.3 Å². The summed E-state index contributed by atoms with van der Waals surface area (Å²) in [5.41, 5.74) is 8.46. The van der Waals surface area contributed by atoms with Gasteiger partial charge >= 0.3 is 0 Å². The van der Waals surface area contributed by atoms with Gasteiger partial charge in [-0.05, 0) is 49.9 Å². The molecule has 1 aromatic carbocycles. The van der Waals surface area contributed by atoms with Crippen molar-refractivity contribution in [2.45, 2.75) is 38.8 Å². The highest BCUT2D eigenvalue weighted by atomic mass is 19.1. The van der Waals surface area contributed by atoms with Crippen LogP contribution < -0.4 is 10.6 Å². The van der Waals surface area contributed by atoms with Gasteiger partial charge in [-0.1, -0.05) is 0 Å². The van der Waals surface area contributed by atoms with Crippen molar-refractivity contribution in [3.63, 3.8) is 0 Å². The van der Waals surface area contributed by atoms with E-state index in [1.165, 1.54) is 0 Å². The highest BCUT2D eigenvalue weighted by Crippen LogP contribution is 2.28. The molecular weight excluding hydrogens is 243 g/mol. The van der Waals surface area contributed by atoms with E-state index in [1.807, 2.05) is 20.0 Å². The molecule has 1 heterocycles. The van der Waals surface area contributed by atoms with Crippen LogP contribution in [0.5, 0.6) is 0 Å². The Hall–Kier alpha value is -1.13. The number of nitrogens with zero attached hydrogens (tertiary/aromatic N) is 1. The quantitative estimate of drug-likeness (QED) is 0.910. The topological polar surface area (TPSA) is 38.5 Å². The lowest BCUT2D eigenvalue weighted by molar-refractivity contribution is 0.116. The Bertz CT molecular complexity index is 442. The van der Waals surface area contributed by atoms with Gasteiger partial charge in [0.1, 0.15) is 5.82 Å². The number of halogens is 1. The summed E-state index contributed by atoms with van der Waals surface area (Å²) in [6, 6.07) is 3.25. The molecule has 0 amide bonds. The monoisotopic (exact) mass is 266 g/mol. The first-order chi connectivity index (χ1) is 8.99. The smallest absolute Gasteiger partial charge is 0.126 e. The van der Waals surface area contributed by atoms with Crippen LogP contribution in [0, 0.1) is 12.7 Å². The third-order valence-corrected chi connectivity index (χ3v) is 3.71. The van der Waals surface area contributed by atoms with E-state index in [1.54, 1.807) is 13.0 Å². The average molecular weight is 266 g/mol. The highest BCUT2D eigenvalue weighted by Gasteiger charge is 2.20. The molecule has 2 rings (SSSR count). The summed E-state index contributed by atoms with van der Waals surface area (Å²) in [5.74, 6) is -0.193. The van der Waals surface area contributed by atoms with Crippen LogP contribution in [0.25, 0.3) is 0 Å². The van der Waals surface area contributed by atoms with Gasteiger partial charge in [-0.2, -0.15) is 0 Å². The maximum Gasteiger partial charge on any atom is 0.126 e. The maximum absolute atomic E-state index is 13.7. The van der Waals surface area contributed by atoms with E-state index >= 15 is 0 Å².